The minimum Gasteiger partial charge on any atom is -0.455 e. The van der Waals surface area contributed by atoms with Gasteiger partial charge < -0.3 is 9.73 Å². The van der Waals surface area contributed by atoms with Crippen LogP contribution in [-0.4, -0.2) is 5.91 Å². The Morgan fingerprint density at radius 2 is 1.78 bits per heavy atom. The molecule has 0 unspecified atom stereocenters. The van der Waals surface area contributed by atoms with E-state index < -0.39 is 0 Å². The molecule has 1 N–H and O–H groups in total. The highest BCUT2D eigenvalue weighted by Gasteiger charge is 2.12. The Morgan fingerprint density at radius 3 is 2.56 bits per heavy atom. The van der Waals surface area contributed by atoms with Crippen molar-refractivity contribution >= 4 is 45.1 Å². The van der Waals surface area contributed by atoms with Crippen LogP contribution in [0.25, 0.3) is 21.9 Å². The lowest BCUT2D eigenvalue weighted by molar-refractivity contribution is 0.102. The van der Waals surface area contributed by atoms with E-state index in [4.69, 9.17) is 16.0 Å². The molecule has 134 valence electrons. The molecule has 0 saturated carbocycles. The third kappa shape index (κ3) is 3.09. The fourth-order valence-electron chi connectivity index (χ4n) is 3.06. The molecule has 3 aromatic carbocycles. The third-order valence-corrected chi connectivity index (χ3v) is 4.94. The van der Waals surface area contributed by atoms with Gasteiger partial charge in [0.2, 0.25) is 5.43 Å². The highest BCUT2D eigenvalue weighted by Crippen LogP contribution is 2.25. The smallest absolute Gasteiger partial charge is 0.255 e. The molecule has 0 atom stereocenters. The van der Waals surface area contributed by atoms with E-state index in [1.165, 1.54) is 0 Å². The minimum atomic E-state index is -0.285. The zero-order valence-corrected chi connectivity index (χ0v) is 15.6. The summed E-state index contributed by atoms with van der Waals surface area (Å²) in [4.78, 5) is 25.2. The number of hydrogen-bond acceptors (Lipinski definition) is 3. The van der Waals surface area contributed by atoms with Crippen LogP contribution in [0.3, 0.4) is 0 Å². The van der Waals surface area contributed by atoms with Gasteiger partial charge in [0.1, 0.15) is 11.2 Å². The first-order chi connectivity index (χ1) is 12.9. The number of carbonyl (C=O) groups excluding carboxylic acids is 1. The molecule has 5 heteroatoms. The van der Waals surface area contributed by atoms with Crippen LogP contribution in [0.5, 0.6) is 0 Å². The summed E-state index contributed by atoms with van der Waals surface area (Å²) < 4.78 is 6.01. The topological polar surface area (TPSA) is 59.3 Å². The van der Waals surface area contributed by atoms with E-state index in [9.17, 15) is 9.59 Å². The maximum Gasteiger partial charge on any atom is 0.255 e. The van der Waals surface area contributed by atoms with E-state index in [-0.39, 0.29) is 11.3 Å². The van der Waals surface area contributed by atoms with E-state index in [0.717, 1.165) is 11.1 Å². The lowest BCUT2D eigenvalue weighted by atomic mass is 10.0. The van der Waals surface area contributed by atoms with Gasteiger partial charge in [-0.3, -0.25) is 9.59 Å². The quantitative estimate of drug-likeness (QED) is 0.471. The molecule has 0 aliphatic heterocycles. The number of halogens is 1. The number of nitrogens with one attached hydrogen (secondary N) is 1. The van der Waals surface area contributed by atoms with Gasteiger partial charge in [0.15, 0.2) is 0 Å². The van der Waals surface area contributed by atoms with E-state index in [0.29, 0.717) is 38.2 Å². The van der Waals surface area contributed by atoms with Gasteiger partial charge in [-0.1, -0.05) is 23.7 Å². The number of carbonyl (C=O) groups is 1. The summed E-state index contributed by atoms with van der Waals surface area (Å²) in [5.41, 5.74) is 3.91. The van der Waals surface area contributed by atoms with Crippen molar-refractivity contribution in [2.24, 2.45) is 0 Å². The fraction of sp³-hybridized carbons (Fsp3) is 0.0909. The van der Waals surface area contributed by atoms with Gasteiger partial charge in [-0.15, -0.1) is 0 Å². The Bertz CT molecular complexity index is 1270. The zero-order valence-electron chi connectivity index (χ0n) is 14.8. The zero-order chi connectivity index (χ0) is 19.1. The van der Waals surface area contributed by atoms with Crippen molar-refractivity contribution in [3.8, 4) is 0 Å². The van der Waals surface area contributed by atoms with Crippen LogP contribution >= 0.6 is 11.6 Å². The Balaban J connectivity index is 1.80. The number of hydrogen-bond donors (Lipinski definition) is 1. The molecule has 1 amide bonds. The van der Waals surface area contributed by atoms with E-state index in [1.807, 2.05) is 19.9 Å². The largest absolute Gasteiger partial charge is 0.455 e. The summed E-state index contributed by atoms with van der Waals surface area (Å²) >= 11 is 5.94. The van der Waals surface area contributed by atoms with Crippen LogP contribution in [0.15, 0.2) is 63.8 Å². The molecule has 0 aliphatic carbocycles. The SMILES string of the molecule is Cc1ccc2c(=O)c3ccc(NC(=O)c4cccc(Cl)c4)cc3oc2c1C. The first kappa shape index (κ1) is 17.3. The van der Waals surface area contributed by atoms with Crippen LogP contribution in [0.1, 0.15) is 21.5 Å². The van der Waals surface area contributed by atoms with Crippen molar-refractivity contribution in [1.82, 2.24) is 0 Å². The molecule has 0 bridgehead atoms. The second-order valence-electron chi connectivity index (χ2n) is 6.49. The molecule has 4 rings (SSSR count). The summed E-state index contributed by atoms with van der Waals surface area (Å²) in [7, 11) is 0. The molecule has 1 aromatic heterocycles. The molecular weight excluding hydrogens is 362 g/mol. The first-order valence-corrected chi connectivity index (χ1v) is 8.85. The predicted octanol–water partition coefficient (Wildman–Crippen LogP) is 5.47. The molecule has 0 radical (unpaired) electrons. The molecule has 0 saturated heterocycles. The maximum absolute atomic E-state index is 12.8. The van der Waals surface area contributed by atoms with Gasteiger partial charge in [0.05, 0.1) is 10.8 Å². The van der Waals surface area contributed by atoms with Crippen LogP contribution < -0.4 is 10.7 Å². The number of amides is 1. The van der Waals surface area contributed by atoms with Gasteiger partial charge >= 0.3 is 0 Å². The van der Waals surface area contributed by atoms with Crippen LogP contribution in [0, 0.1) is 13.8 Å². The average Bonchev–Trinajstić information content (AvgIpc) is 2.65. The number of benzene rings is 3. The highest BCUT2D eigenvalue weighted by atomic mass is 35.5. The molecule has 0 spiro atoms. The van der Waals surface area contributed by atoms with Crippen LogP contribution in [-0.2, 0) is 0 Å². The Kier molecular flexibility index (Phi) is 4.21. The van der Waals surface area contributed by atoms with Crippen molar-refractivity contribution in [2.45, 2.75) is 13.8 Å². The maximum atomic E-state index is 12.8. The summed E-state index contributed by atoms with van der Waals surface area (Å²) in [5, 5.41) is 4.34. The molecular formula is C22H16ClNO3. The normalized spacial score (nSPS) is 11.1. The highest BCUT2D eigenvalue weighted by molar-refractivity contribution is 6.31. The number of rotatable bonds is 2. The van der Waals surface area contributed by atoms with Gasteiger partial charge in [-0.2, -0.15) is 0 Å². The van der Waals surface area contributed by atoms with E-state index >= 15 is 0 Å². The lowest BCUT2D eigenvalue weighted by Gasteiger charge is -2.09. The number of aryl methyl sites for hydroxylation is 2. The van der Waals surface area contributed by atoms with Gasteiger partial charge in [0, 0.05) is 22.3 Å². The number of fused-ring (bicyclic) bond motifs is 2. The van der Waals surface area contributed by atoms with E-state index in [2.05, 4.69) is 5.32 Å². The summed E-state index contributed by atoms with van der Waals surface area (Å²) in [6.07, 6.45) is 0. The average molecular weight is 378 g/mol. The monoisotopic (exact) mass is 377 g/mol. The molecule has 1 heterocycles. The third-order valence-electron chi connectivity index (χ3n) is 4.70. The first-order valence-electron chi connectivity index (χ1n) is 8.48. The summed E-state index contributed by atoms with van der Waals surface area (Å²) in [6.45, 7) is 3.90. The van der Waals surface area contributed by atoms with Crippen molar-refractivity contribution in [3.05, 3.63) is 86.5 Å². The Hall–Kier alpha value is -3.11. The second kappa shape index (κ2) is 6.56. The fourth-order valence-corrected chi connectivity index (χ4v) is 3.25. The van der Waals surface area contributed by atoms with Crippen LogP contribution in [0.4, 0.5) is 5.69 Å². The van der Waals surface area contributed by atoms with Crippen LogP contribution in [0.2, 0.25) is 5.02 Å². The second-order valence-corrected chi connectivity index (χ2v) is 6.93. The van der Waals surface area contributed by atoms with Crippen molar-refractivity contribution in [1.29, 1.82) is 0 Å². The van der Waals surface area contributed by atoms with Crippen molar-refractivity contribution in [3.63, 3.8) is 0 Å². The minimum absolute atomic E-state index is 0.0814. The molecule has 4 nitrogen and oxygen atoms in total. The Labute approximate surface area is 160 Å². The molecule has 0 fully saturated rings. The summed E-state index contributed by atoms with van der Waals surface area (Å²) in [6, 6.07) is 15.4. The predicted molar refractivity (Wildman–Crippen MR) is 109 cm³/mol. The molecule has 0 aliphatic rings. The Morgan fingerprint density at radius 1 is 1.00 bits per heavy atom. The lowest BCUT2D eigenvalue weighted by Crippen LogP contribution is -2.12. The number of anilines is 1. The van der Waals surface area contributed by atoms with Gasteiger partial charge in [0.25, 0.3) is 5.91 Å². The van der Waals surface area contributed by atoms with Crippen molar-refractivity contribution in [2.75, 3.05) is 5.32 Å². The molecule has 27 heavy (non-hydrogen) atoms. The standard InChI is InChI=1S/C22H16ClNO3/c1-12-6-8-18-20(25)17-9-7-16(11-19(17)27-21(18)13(12)2)24-22(26)14-4-3-5-15(23)10-14/h3-11H,1-2H3,(H,24,26). The van der Waals surface area contributed by atoms with Crippen molar-refractivity contribution < 1.29 is 9.21 Å². The molecule has 4 aromatic rings. The van der Waals surface area contributed by atoms with Gasteiger partial charge in [-0.05, 0) is 61.4 Å². The summed E-state index contributed by atoms with van der Waals surface area (Å²) in [5.74, 6) is -0.285. The van der Waals surface area contributed by atoms with Gasteiger partial charge in [-0.25, -0.2) is 0 Å². The van der Waals surface area contributed by atoms with E-state index in [1.54, 1.807) is 48.5 Å².